The third-order valence-electron chi connectivity index (χ3n) is 3.40. The highest BCUT2D eigenvalue weighted by molar-refractivity contribution is 5.98. The largest absolute Gasteiger partial charge is 0.494 e. The van der Waals surface area contributed by atoms with Crippen LogP contribution in [0.15, 0.2) is 48.5 Å². The predicted octanol–water partition coefficient (Wildman–Crippen LogP) is 2.89. The van der Waals surface area contributed by atoms with Crippen LogP contribution in [0.4, 0.5) is 11.4 Å². The molecule has 25 heavy (non-hydrogen) atoms. The van der Waals surface area contributed by atoms with Crippen molar-refractivity contribution in [3.05, 3.63) is 54.1 Å². The van der Waals surface area contributed by atoms with E-state index in [0.29, 0.717) is 17.9 Å². The molecule has 0 aliphatic heterocycles. The van der Waals surface area contributed by atoms with Crippen molar-refractivity contribution in [3.8, 4) is 5.75 Å². The van der Waals surface area contributed by atoms with E-state index in [-0.39, 0.29) is 18.4 Å². The summed E-state index contributed by atoms with van der Waals surface area (Å²) in [5.74, 6) is 0.373. The van der Waals surface area contributed by atoms with Gasteiger partial charge in [-0.2, -0.15) is 0 Å². The quantitative estimate of drug-likeness (QED) is 0.690. The Hall–Kier alpha value is -3.02. The number of carbonyl (C=O) groups excluding carboxylic acids is 2. The number of anilines is 2. The highest BCUT2D eigenvalue weighted by Gasteiger charge is 2.07. The molecule has 0 fully saturated rings. The fourth-order valence-electron chi connectivity index (χ4n) is 2.19. The van der Waals surface area contributed by atoms with Crippen molar-refractivity contribution in [1.29, 1.82) is 0 Å². The molecular formula is C19H23N3O3. The first-order valence-corrected chi connectivity index (χ1v) is 8.21. The van der Waals surface area contributed by atoms with Gasteiger partial charge in [-0.05, 0) is 36.8 Å². The van der Waals surface area contributed by atoms with Gasteiger partial charge in [0, 0.05) is 30.1 Å². The zero-order valence-corrected chi connectivity index (χ0v) is 14.5. The van der Waals surface area contributed by atoms with Gasteiger partial charge < -0.3 is 20.7 Å². The second-order valence-electron chi connectivity index (χ2n) is 5.44. The molecule has 2 amide bonds. The van der Waals surface area contributed by atoms with Crippen molar-refractivity contribution in [3.63, 3.8) is 0 Å². The summed E-state index contributed by atoms with van der Waals surface area (Å²) in [7, 11) is 1.57. The van der Waals surface area contributed by atoms with Gasteiger partial charge in [-0.25, -0.2) is 0 Å². The molecule has 0 saturated heterocycles. The molecule has 0 saturated carbocycles. The molecule has 6 heteroatoms. The summed E-state index contributed by atoms with van der Waals surface area (Å²) in [6.45, 7) is 2.82. The summed E-state index contributed by atoms with van der Waals surface area (Å²) in [5, 5.41) is 8.38. The van der Waals surface area contributed by atoms with Gasteiger partial charge in [0.1, 0.15) is 5.75 Å². The molecule has 0 unspecified atom stereocenters. The van der Waals surface area contributed by atoms with Crippen molar-refractivity contribution in [1.82, 2.24) is 5.32 Å². The van der Waals surface area contributed by atoms with Crippen LogP contribution >= 0.6 is 0 Å². The lowest BCUT2D eigenvalue weighted by Crippen LogP contribution is -2.22. The molecule has 0 aromatic heterocycles. The molecule has 132 valence electrons. The van der Waals surface area contributed by atoms with E-state index in [1.165, 1.54) is 0 Å². The third-order valence-corrected chi connectivity index (χ3v) is 3.40. The smallest absolute Gasteiger partial charge is 0.251 e. The Morgan fingerprint density at radius 3 is 2.56 bits per heavy atom. The summed E-state index contributed by atoms with van der Waals surface area (Å²) in [6, 6.07) is 14.3. The Bertz CT molecular complexity index is 731. The minimum Gasteiger partial charge on any atom is -0.494 e. The number of rotatable bonds is 8. The summed E-state index contributed by atoms with van der Waals surface area (Å²) in [4.78, 5) is 23.7. The number of benzene rings is 2. The summed E-state index contributed by atoms with van der Waals surface area (Å²) in [6.07, 6.45) is 0.940. The maximum absolute atomic E-state index is 12.1. The Balaban J connectivity index is 1.89. The lowest BCUT2D eigenvalue weighted by atomic mass is 10.2. The standard InChI is InChI=1S/C19H23N3O3/c1-3-10-25-17-9-5-7-15(12-17)21-13-18(23)22-16-8-4-6-14(11-16)19(24)20-2/h4-9,11-12,21H,3,10,13H2,1-2H3,(H,20,24)(H,22,23). The minimum atomic E-state index is -0.200. The lowest BCUT2D eigenvalue weighted by molar-refractivity contribution is -0.114. The molecule has 2 aromatic rings. The van der Waals surface area contributed by atoms with Crippen LogP contribution < -0.4 is 20.7 Å². The summed E-state index contributed by atoms with van der Waals surface area (Å²) in [5.41, 5.74) is 1.88. The highest BCUT2D eigenvalue weighted by atomic mass is 16.5. The SMILES string of the molecule is CCCOc1cccc(NCC(=O)Nc2cccc(C(=O)NC)c2)c1. The zero-order chi connectivity index (χ0) is 18.1. The molecule has 0 aliphatic carbocycles. The fourth-order valence-corrected chi connectivity index (χ4v) is 2.19. The molecule has 0 aliphatic rings. The molecule has 0 heterocycles. The maximum Gasteiger partial charge on any atom is 0.251 e. The molecule has 0 radical (unpaired) electrons. The van der Waals surface area contributed by atoms with Crippen molar-refractivity contribution >= 4 is 23.2 Å². The number of nitrogens with one attached hydrogen (secondary N) is 3. The maximum atomic E-state index is 12.1. The normalized spacial score (nSPS) is 10.0. The number of amides is 2. The van der Waals surface area contributed by atoms with Crippen LogP contribution in [0.1, 0.15) is 23.7 Å². The average molecular weight is 341 g/mol. The zero-order valence-electron chi connectivity index (χ0n) is 14.5. The third kappa shape index (κ3) is 5.84. The highest BCUT2D eigenvalue weighted by Crippen LogP contribution is 2.17. The molecule has 3 N–H and O–H groups in total. The summed E-state index contributed by atoms with van der Waals surface area (Å²) < 4.78 is 5.57. The Kier molecular flexibility index (Phi) is 6.83. The van der Waals surface area contributed by atoms with Gasteiger partial charge in [-0.3, -0.25) is 9.59 Å². The van der Waals surface area contributed by atoms with Crippen LogP contribution in [0.3, 0.4) is 0 Å². The van der Waals surface area contributed by atoms with Gasteiger partial charge in [0.2, 0.25) is 5.91 Å². The van der Waals surface area contributed by atoms with Crippen molar-refractivity contribution in [2.24, 2.45) is 0 Å². The van der Waals surface area contributed by atoms with E-state index >= 15 is 0 Å². The molecule has 6 nitrogen and oxygen atoms in total. The van der Waals surface area contributed by atoms with E-state index in [9.17, 15) is 9.59 Å². The van der Waals surface area contributed by atoms with Gasteiger partial charge in [-0.1, -0.05) is 19.1 Å². The Labute approximate surface area is 147 Å². The van der Waals surface area contributed by atoms with E-state index in [1.54, 1.807) is 31.3 Å². The first-order valence-electron chi connectivity index (χ1n) is 8.21. The summed E-state index contributed by atoms with van der Waals surface area (Å²) >= 11 is 0. The van der Waals surface area contributed by atoms with Crippen LogP contribution in [-0.4, -0.2) is 32.0 Å². The predicted molar refractivity (Wildman–Crippen MR) is 99.2 cm³/mol. The minimum absolute atomic E-state index is 0.113. The van der Waals surface area contributed by atoms with E-state index in [2.05, 4.69) is 16.0 Å². The average Bonchev–Trinajstić information content (AvgIpc) is 2.64. The van der Waals surface area contributed by atoms with Gasteiger partial charge in [0.05, 0.1) is 13.2 Å². The number of carbonyl (C=O) groups is 2. The molecule has 2 aromatic carbocycles. The Morgan fingerprint density at radius 2 is 1.80 bits per heavy atom. The van der Waals surface area contributed by atoms with E-state index in [4.69, 9.17) is 4.74 Å². The van der Waals surface area contributed by atoms with Gasteiger partial charge in [-0.15, -0.1) is 0 Å². The van der Waals surface area contributed by atoms with Gasteiger partial charge >= 0.3 is 0 Å². The Morgan fingerprint density at radius 1 is 1.04 bits per heavy atom. The fraction of sp³-hybridized carbons (Fsp3) is 0.263. The molecule has 0 spiro atoms. The molecule has 0 bridgehead atoms. The number of hydrogen-bond donors (Lipinski definition) is 3. The first-order chi connectivity index (χ1) is 12.1. The number of hydrogen-bond acceptors (Lipinski definition) is 4. The molecular weight excluding hydrogens is 318 g/mol. The van der Waals surface area contributed by atoms with Gasteiger partial charge in [0.15, 0.2) is 0 Å². The lowest BCUT2D eigenvalue weighted by Gasteiger charge is -2.10. The van der Waals surface area contributed by atoms with Crippen LogP contribution in [0.2, 0.25) is 0 Å². The van der Waals surface area contributed by atoms with E-state index in [0.717, 1.165) is 17.9 Å². The van der Waals surface area contributed by atoms with Crippen LogP contribution in [0, 0.1) is 0 Å². The van der Waals surface area contributed by atoms with Crippen LogP contribution in [-0.2, 0) is 4.79 Å². The number of ether oxygens (including phenoxy) is 1. The second kappa shape index (κ2) is 9.32. The van der Waals surface area contributed by atoms with Crippen LogP contribution in [0.25, 0.3) is 0 Å². The van der Waals surface area contributed by atoms with Crippen molar-refractivity contribution in [2.45, 2.75) is 13.3 Å². The molecule has 2 rings (SSSR count). The van der Waals surface area contributed by atoms with Gasteiger partial charge in [0.25, 0.3) is 5.91 Å². The molecule has 0 atom stereocenters. The van der Waals surface area contributed by atoms with Crippen molar-refractivity contribution < 1.29 is 14.3 Å². The topological polar surface area (TPSA) is 79.5 Å². The van der Waals surface area contributed by atoms with Crippen LogP contribution in [0.5, 0.6) is 5.75 Å². The monoisotopic (exact) mass is 341 g/mol. The van der Waals surface area contributed by atoms with E-state index in [1.807, 2.05) is 31.2 Å². The van der Waals surface area contributed by atoms with E-state index < -0.39 is 0 Å². The van der Waals surface area contributed by atoms with Crippen molar-refractivity contribution in [2.75, 3.05) is 30.8 Å². The second-order valence-corrected chi connectivity index (χ2v) is 5.44. The first kappa shape index (κ1) is 18.3.